The van der Waals surface area contributed by atoms with Crippen LogP contribution in [0.2, 0.25) is 0 Å². The first-order chi connectivity index (χ1) is 10.2. The number of carbonyl (C=O) groups excluding carboxylic acids is 1. The third-order valence-electron chi connectivity index (χ3n) is 4.24. The van der Waals surface area contributed by atoms with E-state index in [1.54, 1.807) is 6.07 Å². The van der Waals surface area contributed by atoms with Gasteiger partial charge in [-0.05, 0) is 37.1 Å². The third-order valence-corrected chi connectivity index (χ3v) is 4.24. The Kier molecular flexibility index (Phi) is 3.69. The summed E-state index contributed by atoms with van der Waals surface area (Å²) in [6, 6.07) is 10.1. The summed E-state index contributed by atoms with van der Waals surface area (Å²) in [4.78, 5) is 15.3. The number of aryl methyl sites for hydroxylation is 1. The molecule has 0 aliphatic carbocycles. The molecule has 1 aliphatic rings. The number of furan rings is 1. The number of carbonyl (C=O) groups is 1. The van der Waals surface area contributed by atoms with E-state index in [9.17, 15) is 4.79 Å². The molecule has 3 rings (SSSR count). The fourth-order valence-corrected chi connectivity index (χ4v) is 2.82. The molecule has 1 fully saturated rings. The highest BCUT2D eigenvalue weighted by Crippen LogP contribution is 2.25. The maximum Gasteiger partial charge on any atom is 0.196 e. The van der Waals surface area contributed by atoms with Gasteiger partial charge in [-0.25, -0.2) is 0 Å². The zero-order valence-electron chi connectivity index (χ0n) is 12.5. The van der Waals surface area contributed by atoms with Gasteiger partial charge >= 0.3 is 0 Å². The van der Waals surface area contributed by atoms with Gasteiger partial charge in [0.05, 0.1) is 0 Å². The maximum absolute atomic E-state index is 10.7. The van der Waals surface area contributed by atoms with E-state index in [4.69, 9.17) is 4.42 Å². The second-order valence-electron chi connectivity index (χ2n) is 5.49. The Balaban J connectivity index is 1.70. The molecule has 0 amide bonds. The number of rotatable bonds is 3. The second-order valence-corrected chi connectivity index (χ2v) is 5.49. The van der Waals surface area contributed by atoms with Crippen LogP contribution in [0.5, 0.6) is 0 Å². The Morgan fingerprint density at radius 2 is 1.71 bits per heavy atom. The highest BCUT2D eigenvalue weighted by molar-refractivity contribution is 5.71. The van der Waals surface area contributed by atoms with Crippen LogP contribution in [0.15, 0.2) is 34.7 Å². The van der Waals surface area contributed by atoms with E-state index in [1.165, 1.54) is 16.8 Å². The molecule has 0 bridgehead atoms. The van der Waals surface area contributed by atoms with Crippen LogP contribution < -0.4 is 9.80 Å². The van der Waals surface area contributed by atoms with Crippen molar-refractivity contribution >= 4 is 17.9 Å². The summed E-state index contributed by atoms with van der Waals surface area (Å²) in [5.74, 6) is 1.18. The number of benzene rings is 1. The molecule has 21 heavy (non-hydrogen) atoms. The van der Waals surface area contributed by atoms with Crippen molar-refractivity contribution in [2.24, 2.45) is 0 Å². The largest absolute Gasteiger partial charge is 0.438 e. The van der Waals surface area contributed by atoms with Crippen LogP contribution in [-0.4, -0.2) is 32.5 Å². The average molecular weight is 284 g/mol. The van der Waals surface area contributed by atoms with Crippen molar-refractivity contribution in [1.29, 1.82) is 0 Å². The fraction of sp³-hybridized carbons (Fsp3) is 0.353. The lowest BCUT2D eigenvalue weighted by Gasteiger charge is -2.36. The number of hydrogen-bond acceptors (Lipinski definition) is 4. The van der Waals surface area contributed by atoms with E-state index in [0.717, 1.165) is 38.3 Å². The average Bonchev–Trinajstić information content (AvgIpc) is 2.99. The van der Waals surface area contributed by atoms with Gasteiger partial charge in [-0.2, -0.15) is 0 Å². The van der Waals surface area contributed by atoms with E-state index in [1.807, 2.05) is 6.07 Å². The van der Waals surface area contributed by atoms with E-state index >= 15 is 0 Å². The van der Waals surface area contributed by atoms with Crippen LogP contribution in [0.1, 0.15) is 21.7 Å². The van der Waals surface area contributed by atoms with Gasteiger partial charge < -0.3 is 14.2 Å². The highest BCUT2D eigenvalue weighted by Gasteiger charge is 2.20. The molecule has 1 aromatic carbocycles. The molecular formula is C17H20N2O2. The molecule has 0 saturated carbocycles. The first-order valence-corrected chi connectivity index (χ1v) is 7.30. The normalized spacial score (nSPS) is 15.3. The predicted octanol–water partition coefficient (Wildman–Crippen LogP) is 3.04. The van der Waals surface area contributed by atoms with Crippen molar-refractivity contribution in [1.82, 2.24) is 0 Å². The summed E-state index contributed by atoms with van der Waals surface area (Å²) >= 11 is 0. The van der Waals surface area contributed by atoms with Crippen LogP contribution in [-0.2, 0) is 0 Å². The van der Waals surface area contributed by atoms with Crippen LogP contribution in [0, 0.1) is 13.8 Å². The standard InChI is InChI=1S/C17H20N2O2/c1-13-4-3-5-16(14(13)2)18-8-10-19(11-9-18)17-7-6-15(12-20)21-17/h3-7,12H,8-11H2,1-2H3. The first-order valence-electron chi connectivity index (χ1n) is 7.30. The molecule has 2 heterocycles. The lowest BCUT2D eigenvalue weighted by molar-refractivity contribution is 0.110. The zero-order valence-corrected chi connectivity index (χ0v) is 12.5. The third kappa shape index (κ3) is 2.66. The minimum atomic E-state index is 0.391. The SMILES string of the molecule is Cc1cccc(N2CCN(c3ccc(C=O)o3)CC2)c1C. The van der Waals surface area contributed by atoms with Gasteiger partial charge in [0.1, 0.15) is 0 Å². The molecule has 0 radical (unpaired) electrons. The van der Waals surface area contributed by atoms with E-state index in [0.29, 0.717) is 5.76 Å². The van der Waals surface area contributed by atoms with Gasteiger partial charge in [0.25, 0.3) is 0 Å². The Bertz CT molecular complexity index is 640. The molecule has 0 N–H and O–H groups in total. The van der Waals surface area contributed by atoms with E-state index in [-0.39, 0.29) is 0 Å². The molecule has 1 saturated heterocycles. The van der Waals surface area contributed by atoms with Crippen molar-refractivity contribution in [3.63, 3.8) is 0 Å². The van der Waals surface area contributed by atoms with E-state index in [2.05, 4.69) is 41.8 Å². The number of nitrogens with zero attached hydrogens (tertiary/aromatic N) is 2. The van der Waals surface area contributed by atoms with Gasteiger partial charge in [0, 0.05) is 37.9 Å². The van der Waals surface area contributed by atoms with Crippen molar-refractivity contribution in [3.8, 4) is 0 Å². The predicted molar refractivity (Wildman–Crippen MR) is 84.4 cm³/mol. The molecule has 1 aromatic heterocycles. The second kappa shape index (κ2) is 5.64. The number of anilines is 2. The summed E-state index contributed by atoms with van der Waals surface area (Å²) in [6.45, 7) is 8.06. The summed E-state index contributed by atoms with van der Waals surface area (Å²) < 4.78 is 5.50. The number of hydrogen-bond donors (Lipinski definition) is 0. The minimum Gasteiger partial charge on any atom is -0.438 e. The Labute approximate surface area is 125 Å². The minimum absolute atomic E-state index is 0.391. The summed E-state index contributed by atoms with van der Waals surface area (Å²) in [7, 11) is 0. The Morgan fingerprint density at radius 3 is 2.38 bits per heavy atom. The van der Waals surface area contributed by atoms with Crippen molar-refractivity contribution in [2.75, 3.05) is 36.0 Å². The van der Waals surface area contributed by atoms with Gasteiger partial charge in [-0.1, -0.05) is 12.1 Å². The van der Waals surface area contributed by atoms with Crippen LogP contribution in [0.4, 0.5) is 11.6 Å². The monoisotopic (exact) mass is 284 g/mol. The summed E-state index contributed by atoms with van der Waals surface area (Å²) in [6.07, 6.45) is 0.746. The zero-order chi connectivity index (χ0) is 14.8. The quantitative estimate of drug-likeness (QED) is 0.812. The molecule has 0 unspecified atom stereocenters. The lowest BCUT2D eigenvalue weighted by atomic mass is 10.1. The van der Waals surface area contributed by atoms with Crippen LogP contribution >= 0.6 is 0 Å². The molecular weight excluding hydrogens is 264 g/mol. The van der Waals surface area contributed by atoms with Crippen molar-refractivity contribution in [3.05, 3.63) is 47.2 Å². The molecule has 2 aromatic rings. The topological polar surface area (TPSA) is 36.7 Å². The maximum atomic E-state index is 10.7. The molecule has 4 heteroatoms. The summed E-state index contributed by atoms with van der Waals surface area (Å²) in [5, 5.41) is 0. The molecule has 0 spiro atoms. The Morgan fingerprint density at radius 1 is 1.00 bits per heavy atom. The highest BCUT2D eigenvalue weighted by atomic mass is 16.4. The number of aldehydes is 1. The fourth-order valence-electron chi connectivity index (χ4n) is 2.82. The van der Waals surface area contributed by atoms with Gasteiger partial charge in [0.2, 0.25) is 0 Å². The molecule has 0 atom stereocenters. The summed E-state index contributed by atoms with van der Waals surface area (Å²) in [5.41, 5.74) is 4.01. The van der Waals surface area contributed by atoms with Crippen LogP contribution in [0.25, 0.3) is 0 Å². The smallest absolute Gasteiger partial charge is 0.196 e. The lowest BCUT2D eigenvalue weighted by Crippen LogP contribution is -2.46. The van der Waals surface area contributed by atoms with Gasteiger partial charge in [0.15, 0.2) is 17.9 Å². The van der Waals surface area contributed by atoms with Crippen LogP contribution in [0.3, 0.4) is 0 Å². The van der Waals surface area contributed by atoms with E-state index < -0.39 is 0 Å². The molecule has 1 aliphatic heterocycles. The Hall–Kier alpha value is -2.23. The molecule has 4 nitrogen and oxygen atoms in total. The van der Waals surface area contributed by atoms with Gasteiger partial charge in [-0.15, -0.1) is 0 Å². The first kappa shape index (κ1) is 13.7. The number of piperazine rings is 1. The molecule has 110 valence electrons. The van der Waals surface area contributed by atoms with Crippen molar-refractivity contribution < 1.29 is 9.21 Å². The van der Waals surface area contributed by atoms with Crippen molar-refractivity contribution in [2.45, 2.75) is 13.8 Å². The van der Waals surface area contributed by atoms with Gasteiger partial charge in [-0.3, -0.25) is 4.79 Å².